The topological polar surface area (TPSA) is 53.9 Å². The standard InChI is InChI=1S/C23H23Cl2N5/c1-3-15(2)30-10-8-16(9-11-30)12-17-5-7-21-22(28-17)23(27-14-26-21)29-18-4-6-19(24)20(25)13-18/h3-7,13-14,16H,1-2,8-12H2,(H,26,27,29). The number of piperidine rings is 1. The molecule has 1 fully saturated rings. The van der Waals surface area contributed by atoms with Crippen LogP contribution in [0.3, 0.4) is 0 Å². The zero-order valence-corrected chi connectivity index (χ0v) is 18.1. The Morgan fingerprint density at radius 3 is 2.67 bits per heavy atom. The number of fused-ring (bicyclic) bond motifs is 1. The number of allylic oxidation sites excluding steroid dienone is 1. The van der Waals surface area contributed by atoms with Crippen molar-refractivity contribution in [1.82, 2.24) is 19.9 Å². The van der Waals surface area contributed by atoms with Crippen LogP contribution in [-0.4, -0.2) is 32.9 Å². The number of anilines is 2. The largest absolute Gasteiger partial charge is 0.372 e. The van der Waals surface area contributed by atoms with Crippen LogP contribution in [0.15, 0.2) is 61.6 Å². The minimum absolute atomic E-state index is 0.485. The van der Waals surface area contributed by atoms with E-state index in [1.54, 1.807) is 12.1 Å². The van der Waals surface area contributed by atoms with E-state index in [1.165, 1.54) is 6.33 Å². The molecule has 30 heavy (non-hydrogen) atoms. The third-order valence-corrected chi connectivity index (χ3v) is 6.22. The molecule has 0 radical (unpaired) electrons. The van der Waals surface area contributed by atoms with Crippen LogP contribution in [0.5, 0.6) is 0 Å². The molecule has 1 saturated heterocycles. The van der Waals surface area contributed by atoms with E-state index >= 15 is 0 Å². The summed E-state index contributed by atoms with van der Waals surface area (Å²) in [5.41, 5.74) is 4.40. The van der Waals surface area contributed by atoms with Gasteiger partial charge in [-0.2, -0.15) is 0 Å². The lowest BCUT2D eigenvalue weighted by Crippen LogP contribution is -2.33. The molecular weight excluding hydrogens is 417 g/mol. The maximum absolute atomic E-state index is 6.14. The van der Waals surface area contributed by atoms with Crippen molar-refractivity contribution in [2.45, 2.75) is 19.3 Å². The predicted molar refractivity (Wildman–Crippen MR) is 124 cm³/mol. The smallest absolute Gasteiger partial charge is 0.160 e. The van der Waals surface area contributed by atoms with Gasteiger partial charge in [0.15, 0.2) is 5.82 Å². The van der Waals surface area contributed by atoms with E-state index in [0.717, 1.165) is 60.5 Å². The Bertz CT molecular complexity index is 1090. The summed E-state index contributed by atoms with van der Waals surface area (Å²) in [4.78, 5) is 15.9. The molecule has 0 atom stereocenters. The third-order valence-electron chi connectivity index (χ3n) is 5.48. The van der Waals surface area contributed by atoms with Crippen LogP contribution in [0.4, 0.5) is 11.5 Å². The number of nitrogens with zero attached hydrogens (tertiary/aromatic N) is 4. The first-order chi connectivity index (χ1) is 14.5. The highest BCUT2D eigenvalue weighted by Gasteiger charge is 2.20. The molecule has 1 aromatic carbocycles. The lowest BCUT2D eigenvalue weighted by Gasteiger charge is -2.33. The molecule has 2 aromatic heterocycles. The summed E-state index contributed by atoms with van der Waals surface area (Å²) in [5, 5.41) is 4.29. The molecule has 3 aromatic rings. The minimum Gasteiger partial charge on any atom is -0.372 e. The van der Waals surface area contributed by atoms with E-state index in [2.05, 4.69) is 39.4 Å². The maximum Gasteiger partial charge on any atom is 0.160 e. The normalized spacial score (nSPS) is 14.7. The summed E-state index contributed by atoms with van der Waals surface area (Å²) in [6.45, 7) is 9.89. The van der Waals surface area contributed by atoms with Crippen molar-refractivity contribution in [1.29, 1.82) is 0 Å². The molecule has 4 rings (SSSR count). The van der Waals surface area contributed by atoms with Gasteiger partial charge < -0.3 is 10.2 Å². The van der Waals surface area contributed by atoms with E-state index in [-0.39, 0.29) is 0 Å². The second-order valence-electron chi connectivity index (χ2n) is 7.48. The van der Waals surface area contributed by atoms with Gasteiger partial charge >= 0.3 is 0 Å². The Hall–Kier alpha value is -2.63. The number of benzene rings is 1. The van der Waals surface area contributed by atoms with Gasteiger partial charge in [-0.1, -0.05) is 36.4 Å². The molecule has 3 heterocycles. The summed E-state index contributed by atoms with van der Waals surface area (Å²) in [7, 11) is 0. The molecule has 0 unspecified atom stereocenters. The van der Waals surface area contributed by atoms with Crippen molar-refractivity contribution in [2.75, 3.05) is 18.4 Å². The highest BCUT2D eigenvalue weighted by atomic mass is 35.5. The molecule has 5 nitrogen and oxygen atoms in total. The fourth-order valence-corrected chi connectivity index (χ4v) is 4.04. The van der Waals surface area contributed by atoms with Crippen LogP contribution in [0.1, 0.15) is 18.5 Å². The van der Waals surface area contributed by atoms with Crippen LogP contribution in [-0.2, 0) is 6.42 Å². The van der Waals surface area contributed by atoms with Crippen molar-refractivity contribution >= 4 is 45.7 Å². The van der Waals surface area contributed by atoms with Gasteiger partial charge in [0.25, 0.3) is 0 Å². The molecule has 0 amide bonds. The first-order valence-corrected chi connectivity index (χ1v) is 10.7. The monoisotopic (exact) mass is 439 g/mol. The number of pyridine rings is 1. The summed E-state index contributed by atoms with van der Waals surface area (Å²) < 4.78 is 0. The number of likely N-dealkylation sites (tertiary alicyclic amines) is 1. The average molecular weight is 440 g/mol. The summed E-state index contributed by atoms with van der Waals surface area (Å²) >= 11 is 12.2. The molecular formula is C23H23Cl2N5. The number of hydrogen-bond acceptors (Lipinski definition) is 5. The Morgan fingerprint density at radius 1 is 1.13 bits per heavy atom. The predicted octanol–water partition coefficient (Wildman–Crippen LogP) is 6.03. The molecule has 154 valence electrons. The van der Waals surface area contributed by atoms with Crippen LogP contribution in [0.25, 0.3) is 11.0 Å². The fourth-order valence-electron chi connectivity index (χ4n) is 3.75. The van der Waals surface area contributed by atoms with Gasteiger partial charge in [-0.3, -0.25) is 0 Å². The van der Waals surface area contributed by atoms with Crippen molar-refractivity contribution in [2.24, 2.45) is 5.92 Å². The summed E-state index contributed by atoms with van der Waals surface area (Å²) in [6, 6.07) is 9.45. The Labute approximate surface area is 186 Å². The van der Waals surface area contributed by atoms with Crippen LogP contribution in [0.2, 0.25) is 10.0 Å². The molecule has 1 N–H and O–H groups in total. The van der Waals surface area contributed by atoms with Gasteiger partial charge in [-0.05, 0) is 61.6 Å². The van der Waals surface area contributed by atoms with Crippen molar-refractivity contribution in [3.63, 3.8) is 0 Å². The van der Waals surface area contributed by atoms with E-state index < -0.39 is 0 Å². The Kier molecular flexibility index (Phi) is 6.21. The second-order valence-corrected chi connectivity index (χ2v) is 8.29. The second kappa shape index (κ2) is 9.02. The number of nitrogens with one attached hydrogen (secondary N) is 1. The van der Waals surface area contributed by atoms with E-state index in [9.17, 15) is 0 Å². The van der Waals surface area contributed by atoms with Gasteiger partial charge in [-0.25, -0.2) is 15.0 Å². The molecule has 0 saturated carbocycles. The third kappa shape index (κ3) is 4.58. The average Bonchev–Trinajstić information content (AvgIpc) is 2.77. The molecule has 1 aliphatic rings. The highest BCUT2D eigenvalue weighted by molar-refractivity contribution is 6.42. The van der Waals surface area contributed by atoms with Gasteiger partial charge in [0.05, 0.1) is 15.6 Å². The first kappa shape index (κ1) is 20.6. The van der Waals surface area contributed by atoms with Gasteiger partial charge in [0.1, 0.15) is 11.8 Å². The zero-order valence-electron chi connectivity index (χ0n) is 16.6. The Balaban J connectivity index is 1.52. The number of rotatable bonds is 6. The van der Waals surface area contributed by atoms with Crippen LogP contribution in [0, 0.1) is 5.92 Å². The molecule has 0 aliphatic carbocycles. The molecule has 0 spiro atoms. The first-order valence-electron chi connectivity index (χ1n) is 9.92. The summed E-state index contributed by atoms with van der Waals surface area (Å²) in [6.07, 6.45) is 6.53. The number of hydrogen-bond donors (Lipinski definition) is 1. The lowest BCUT2D eigenvalue weighted by atomic mass is 9.91. The van der Waals surface area contributed by atoms with Gasteiger partial charge in [-0.15, -0.1) is 0 Å². The van der Waals surface area contributed by atoms with Gasteiger partial charge in [0, 0.05) is 30.2 Å². The minimum atomic E-state index is 0.485. The van der Waals surface area contributed by atoms with Gasteiger partial charge in [0.2, 0.25) is 0 Å². The van der Waals surface area contributed by atoms with Crippen molar-refractivity contribution in [3.05, 3.63) is 77.3 Å². The summed E-state index contributed by atoms with van der Waals surface area (Å²) in [5.74, 6) is 1.25. The van der Waals surface area contributed by atoms with E-state index in [0.29, 0.717) is 21.8 Å². The van der Waals surface area contributed by atoms with Crippen molar-refractivity contribution < 1.29 is 0 Å². The zero-order chi connectivity index (χ0) is 21.1. The molecule has 1 aliphatic heterocycles. The SMILES string of the molecule is C=CC(=C)N1CCC(Cc2ccc3ncnc(Nc4ccc(Cl)c(Cl)c4)c3n2)CC1. The van der Waals surface area contributed by atoms with Crippen molar-refractivity contribution in [3.8, 4) is 0 Å². The quantitative estimate of drug-likeness (QED) is 0.475. The van der Waals surface area contributed by atoms with E-state index in [1.807, 2.05) is 18.2 Å². The molecule has 7 heteroatoms. The Morgan fingerprint density at radius 2 is 1.93 bits per heavy atom. The molecule has 0 bridgehead atoms. The van der Waals surface area contributed by atoms with Crippen LogP contribution < -0.4 is 5.32 Å². The number of aromatic nitrogens is 3. The highest BCUT2D eigenvalue weighted by Crippen LogP contribution is 2.29. The fraction of sp³-hybridized carbons (Fsp3) is 0.261. The van der Waals surface area contributed by atoms with Crippen LogP contribution >= 0.6 is 23.2 Å². The maximum atomic E-state index is 6.14. The lowest BCUT2D eigenvalue weighted by molar-refractivity contribution is 0.231. The van der Waals surface area contributed by atoms with E-state index in [4.69, 9.17) is 28.2 Å². The number of halogens is 2.